The summed E-state index contributed by atoms with van der Waals surface area (Å²) in [5, 5.41) is 8.07. The highest BCUT2D eigenvalue weighted by Gasteiger charge is 2.20. The minimum absolute atomic E-state index is 0.303. The molecule has 0 rings (SSSR count). The molecule has 2 nitrogen and oxygen atoms in total. The normalized spacial score (nSPS) is 14.1. The predicted molar refractivity (Wildman–Crippen MR) is 87.0 cm³/mol. The van der Waals surface area contributed by atoms with Crippen molar-refractivity contribution in [2.45, 2.75) is 27.7 Å². The highest BCUT2D eigenvalue weighted by Crippen LogP contribution is 2.22. The summed E-state index contributed by atoms with van der Waals surface area (Å²) in [6, 6.07) is 0. The molecular weight excluding hydrogens is 232 g/mol. The minimum atomic E-state index is -0.445. The third kappa shape index (κ3) is 5.96. The molecule has 2 heteroatoms. The predicted octanol–water partition coefficient (Wildman–Crippen LogP) is 4.88. The van der Waals surface area contributed by atoms with Crippen LogP contribution in [0.4, 0.5) is 0 Å². The number of aliphatic imine (C=N–C) groups is 1. The second kappa shape index (κ2) is 8.20. The van der Waals surface area contributed by atoms with E-state index in [1.54, 1.807) is 18.4 Å². The molecule has 0 saturated carbocycles. The van der Waals surface area contributed by atoms with Gasteiger partial charge in [0, 0.05) is 11.6 Å². The molecule has 0 amide bonds. The number of hydrogen-bond donors (Lipinski definition) is 1. The summed E-state index contributed by atoms with van der Waals surface area (Å²) >= 11 is 0. The summed E-state index contributed by atoms with van der Waals surface area (Å²) in [5.41, 5.74) is 1.45. The Balaban J connectivity index is 5.16. The number of nitrogens with zero attached hydrogens (tertiary/aromatic N) is 1. The molecular formula is C17H24N2. The Morgan fingerprint density at radius 3 is 2.11 bits per heavy atom. The summed E-state index contributed by atoms with van der Waals surface area (Å²) in [4.78, 5) is 4.20. The Morgan fingerprint density at radius 1 is 1.11 bits per heavy atom. The van der Waals surface area contributed by atoms with E-state index in [1.807, 2.05) is 52.0 Å². The van der Waals surface area contributed by atoms with E-state index in [-0.39, 0.29) is 0 Å². The molecule has 1 N–H and O–H groups in total. The van der Waals surface area contributed by atoms with Crippen LogP contribution in [0.5, 0.6) is 0 Å². The lowest BCUT2D eigenvalue weighted by atomic mass is 9.89. The van der Waals surface area contributed by atoms with E-state index in [1.165, 1.54) is 0 Å². The lowest BCUT2D eigenvalue weighted by molar-refractivity contribution is 0.661. The van der Waals surface area contributed by atoms with Crippen molar-refractivity contribution in [3.05, 3.63) is 60.8 Å². The fourth-order valence-electron chi connectivity index (χ4n) is 1.40. The van der Waals surface area contributed by atoms with Gasteiger partial charge >= 0.3 is 0 Å². The molecule has 0 aliphatic carbocycles. The van der Waals surface area contributed by atoms with Gasteiger partial charge in [-0.3, -0.25) is 5.41 Å². The van der Waals surface area contributed by atoms with Crippen LogP contribution in [0.2, 0.25) is 0 Å². The topological polar surface area (TPSA) is 36.2 Å². The summed E-state index contributed by atoms with van der Waals surface area (Å²) in [5.74, 6) is 0.303. The molecule has 0 aromatic carbocycles. The van der Waals surface area contributed by atoms with Gasteiger partial charge in [-0.15, -0.1) is 0 Å². The molecule has 0 heterocycles. The molecule has 0 atom stereocenters. The second-order valence-electron chi connectivity index (χ2n) is 4.67. The van der Waals surface area contributed by atoms with Gasteiger partial charge in [0.05, 0.1) is 0 Å². The van der Waals surface area contributed by atoms with Crippen LogP contribution in [0.1, 0.15) is 27.7 Å². The molecule has 0 aliphatic rings. The lowest BCUT2D eigenvalue weighted by Gasteiger charge is -2.19. The summed E-state index contributed by atoms with van der Waals surface area (Å²) in [6.45, 7) is 15.3. The van der Waals surface area contributed by atoms with E-state index in [9.17, 15) is 0 Å². The molecule has 102 valence electrons. The molecule has 0 fully saturated rings. The zero-order valence-corrected chi connectivity index (χ0v) is 12.4. The van der Waals surface area contributed by atoms with Crippen molar-refractivity contribution in [2.75, 3.05) is 0 Å². The monoisotopic (exact) mass is 256 g/mol. The zero-order chi connectivity index (χ0) is 14.9. The third-order valence-corrected chi connectivity index (χ3v) is 2.64. The van der Waals surface area contributed by atoms with Gasteiger partial charge in [-0.05, 0) is 38.8 Å². The van der Waals surface area contributed by atoms with Crippen LogP contribution in [0.3, 0.4) is 0 Å². The fraction of sp³-hybridized carbons (Fsp3) is 0.294. The van der Waals surface area contributed by atoms with Crippen LogP contribution in [0.25, 0.3) is 0 Å². The quantitative estimate of drug-likeness (QED) is 0.399. The molecule has 0 aromatic heterocycles. The summed E-state index contributed by atoms with van der Waals surface area (Å²) in [7, 11) is 0. The van der Waals surface area contributed by atoms with E-state index in [2.05, 4.69) is 18.2 Å². The second-order valence-corrected chi connectivity index (χ2v) is 4.67. The van der Waals surface area contributed by atoms with Crippen LogP contribution in [0, 0.1) is 10.8 Å². The molecule has 0 spiro atoms. The Labute approximate surface area is 117 Å². The van der Waals surface area contributed by atoms with E-state index in [4.69, 9.17) is 5.41 Å². The lowest BCUT2D eigenvalue weighted by Crippen LogP contribution is -2.19. The summed E-state index contributed by atoms with van der Waals surface area (Å²) < 4.78 is 0. The van der Waals surface area contributed by atoms with Crippen molar-refractivity contribution in [1.82, 2.24) is 0 Å². The Kier molecular flexibility index (Phi) is 7.35. The fourth-order valence-corrected chi connectivity index (χ4v) is 1.40. The molecule has 0 aromatic rings. The van der Waals surface area contributed by atoms with E-state index >= 15 is 0 Å². The average molecular weight is 256 g/mol. The first-order valence-electron chi connectivity index (χ1n) is 6.31. The van der Waals surface area contributed by atoms with Crippen LogP contribution in [-0.2, 0) is 0 Å². The van der Waals surface area contributed by atoms with E-state index in [0.29, 0.717) is 5.84 Å². The van der Waals surface area contributed by atoms with Gasteiger partial charge < -0.3 is 0 Å². The zero-order valence-electron chi connectivity index (χ0n) is 12.4. The standard InChI is InChI=1S/C17H24N2/c1-7-11-15(10-4)12-17(5,6)16(18)19-13-14(8-2)9-3/h7-13,18H,2,4H2,1,3,5-6H3/b11-7+,14-9+,15-12-,18-16?,19-13+. The van der Waals surface area contributed by atoms with E-state index in [0.717, 1.165) is 11.1 Å². The first kappa shape index (κ1) is 17.0. The molecule has 0 unspecified atom stereocenters. The van der Waals surface area contributed by atoms with Crippen molar-refractivity contribution in [1.29, 1.82) is 5.41 Å². The van der Waals surface area contributed by atoms with Crippen LogP contribution >= 0.6 is 0 Å². The highest BCUT2D eigenvalue weighted by atomic mass is 14.8. The molecule has 0 saturated heterocycles. The molecule has 0 aliphatic heterocycles. The van der Waals surface area contributed by atoms with Gasteiger partial charge in [0.1, 0.15) is 5.84 Å². The highest BCUT2D eigenvalue weighted by molar-refractivity contribution is 5.97. The van der Waals surface area contributed by atoms with Crippen molar-refractivity contribution < 1.29 is 0 Å². The Bertz CT molecular complexity index is 458. The number of allylic oxidation sites excluding steroid dienone is 7. The Hall–Kier alpha value is -1.96. The SMILES string of the molecule is C=CC(=C/C(C)(C)C(=N)/N=C/C(C=C)=C/C)/C=C/C. The molecule has 0 bridgehead atoms. The van der Waals surface area contributed by atoms with Crippen LogP contribution in [0.15, 0.2) is 65.8 Å². The number of amidine groups is 1. The van der Waals surface area contributed by atoms with Crippen molar-refractivity contribution >= 4 is 12.1 Å². The van der Waals surface area contributed by atoms with Gasteiger partial charge in [-0.25, -0.2) is 4.99 Å². The minimum Gasteiger partial charge on any atom is -0.286 e. The maximum absolute atomic E-state index is 8.07. The van der Waals surface area contributed by atoms with Crippen LogP contribution in [-0.4, -0.2) is 12.1 Å². The maximum Gasteiger partial charge on any atom is 0.129 e. The number of rotatable bonds is 6. The number of nitrogens with one attached hydrogen (secondary N) is 1. The molecule has 19 heavy (non-hydrogen) atoms. The van der Waals surface area contributed by atoms with Gasteiger partial charge in [0.25, 0.3) is 0 Å². The Morgan fingerprint density at radius 2 is 1.68 bits per heavy atom. The van der Waals surface area contributed by atoms with E-state index < -0.39 is 5.41 Å². The van der Waals surface area contributed by atoms with Crippen molar-refractivity contribution in [3.8, 4) is 0 Å². The maximum atomic E-state index is 8.07. The first-order chi connectivity index (χ1) is 8.91. The largest absolute Gasteiger partial charge is 0.286 e. The number of hydrogen-bond acceptors (Lipinski definition) is 1. The summed E-state index contributed by atoms with van der Waals surface area (Å²) in [6.07, 6.45) is 13.0. The average Bonchev–Trinajstić information content (AvgIpc) is 2.38. The van der Waals surface area contributed by atoms with Crippen molar-refractivity contribution in [2.24, 2.45) is 10.4 Å². The first-order valence-corrected chi connectivity index (χ1v) is 6.31. The molecule has 0 radical (unpaired) electrons. The van der Waals surface area contributed by atoms with Crippen LogP contribution < -0.4 is 0 Å². The van der Waals surface area contributed by atoms with Crippen molar-refractivity contribution in [3.63, 3.8) is 0 Å². The van der Waals surface area contributed by atoms with Gasteiger partial charge in [-0.1, -0.05) is 49.6 Å². The van der Waals surface area contributed by atoms with Gasteiger partial charge in [-0.2, -0.15) is 0 Å². The third-order valence-electron chi connectivity index (χ3n) is 2.64. The van der Waals surface area contributed by atoms with Gasteiger partial charge in [0.2, 0.25) is 0 Å². The smallest absolute Gasteiger partial charge is 0.129 e. The van der Waals surface area contributed by atoms with Gasteiger partial charge in [0.15, 0.2) is 0 Å².